The standard InChI is InChI=1S/C14H20Cl2N2/c1-2-5-17-6-8-18(9-7-17)13-4-3-12(11-15)14(16)10-13/h3-4,10H,2,5-9,11H2,1H3. The van der Waals surface area contributed by atoms with E-state index >= 15 is 0 Å². The van der Waals surface area contributed by atoms with Crippen LogP contribution < -0.4 is 4.90 Å². The van der Waals surface area contributed by atoms with Crippen LogP contribution in [0, 0.1) is 0 Å². The lowest BCUT2D eigenvalue weighted by atomic mass is 10.2. The zero-order chi connectivity index (χ0) is 13.0. The Labute approximate surface area is 119 Å². The number of benzene rings is 1. The van der Waals surface area contributed by atoms with Crippen LogP contribution in [0.25, 0.3) is 0 Å². The predicted octanol–water partition coefficient (Wildman–Crippen LogP) is 3.61. The van der Waals surface area contributed by atoms with Gasteiger partial charge in [0.1, 0.15) is 0 Å². The summed E-state index contributed by atoms with van der Waals surface area (Å²) in [6.45, 7) is 7.88. The average molecular weight is 287 g/mol. The largest absolute Gasteiger partial charge is 0.369 e. The Balaban J connectivity index is 1.99. The van der Waals surface area contributed by atoms with Gasteiger partial charge >= 0.3 is 0 Å². The summed E-state index contributed by atoms with van der Waals surface area (Å²) in [7, 11) is 0. The van der Waals surface area contributed by atoms with Gasteiger partial charge in [0.25, 0.3) is 0 Å². The molecule has 1 aromatic rings. The van der Waals surface area contributed by atoms with Crippen molar-refractivity contribution in [2.45, 2.75) is 19.2 Å². The van der Waals surface area contributed by atoms with Gasteiger partial charge in [0.05, 0.1) is 0 Å². The summed E-state index contributed by atoms with van der Waals surface area (Å²) in [5, 5.41) is 0.776. The van der Waals surface area contributed by atoms with Crippen LogP contribution in [0.5, 0.6) is 0 Å². The van der Waals surface area contributed by atoms with Gasteiger partial charge in [0, 0.05) is 42.8 Å². The third kappa shape index (κ3) is 3.31. The fraction of sp³-hybridized carbons (Fsp3) is 0.571. The van der Waals surface area contributed by atoms with Gasteiger partial charge < -0.3 is 4.90 Å². The van der Waals surface area contributed by atoms with Crippen LogP contribution in [0.1, 0.15) is 18.9 Å². The first-order chi connectivity index (χ1) is 8.74. The lowest BCUT2D eigenvalue weighted by Crippen LogP contribution is -2.46. The van der Waals surface area contributed by atoms with Crippen LogP contribution >= 0.6 is 23.2 Å². The van der Waals surface area contributed by atoms with E-state index in [0.29, 0.717) is 5.88 Å². The predicted molar refractivity (Wildman–Crippen MR) is 80.0 cm³/mol. The Morgan fingerprint density at radius 1 is 1.17 bits per heavy atom. The number of halogens is 2. The van der Waals surface area contributed by atoms with Gasteiger partial charge in [0.2, 0.25) is 0 Å². The topological polar surface area (TPSA) is 6.48 Å². The molecule has 1 saturated heterocycles. The van der Waals surface area contributed by atoms with E-state index in [1.165, 1.54) is 18.7 Å². The van der Waals surface area contributed by atoms with Gasteiger partial charge in [-0.2, -0.15) is 0 Å². The van der Waals surface area contributed by atoms with Gasteiger partial charge in [0.15, 0.2) is 0 Å². The molecular formula is C14H20Cl2N2. The SMILES string of the molecule is CCCN1CCN(c2ccc(CCl)c(Cl)c2)CC1. The first-order valence-electron chi connectivity index (χ1n) is 6.56. The minimum Gasteiger partial charge on any atom is -0.369 e. The van der Waals surface area contributed by atoms with Crippen LogP contribution in [0.15, 0.2) is 18.2 Å². The van der Waals surface area contributed by atoms with E-state index in [1.807, 2.05) is 12.1 Å². The molecule has 0 N–H and O–H groups in total. The number of hydrogen-bond donors (Lipinski definition) is 0. The second-order valence-corrected chi connectivity index (χ2v) is 5.41. The maximum Gasteiger partial charge on any atom is 0.0488 e. The second kappa shape index (κ2) is 6.65. The Hall–Kier alpha value is -0.440. The molecule has 18 heavy (non-hydrogen) atoms. The van der Waals surface area contributed by atoms with Gasteiger partial charge in [-0.05, 0) is 30.7 Å². The smallest absolute Gasteiger partial charge is 0.0488 e. The van der Waals surface area contributed by atoms with Crippen molar-refractivity contribution < 1.29 is 0 Å². The molecule has 4 heteroatoms. The molecule has 0 aromatic heterocycles. The highest BCUT2D eigenvalue weighted by Gasteiger charge is 2.16. The van der Waals surface area contributed by atoms with Gasteiger partial charge in [-0.15, -0.1) is 11.6 Å². The van der Waals surface area contributed by atoms with Crippen molar-refractivity contribution in [1.29, 1.82) is 0 Å². The molecule has 1 aliphatic heterocycles. The van der Waals surface area contributed by atoms with Crippen molar-refractivity contribution in [3.05, 3.63) is 28.8 Å². The molecule has 1 aliphatic rings. The van der Waals surface area contributed by atoms with Gasteiger partial charge in [-0.25, -0.2) is 0 Å². The van der Waals surface area contributed by atoms with Gasteiger partial charge in [-0.3, -0.25) is 4.90 Å². The summed E-state index contributed by atoms with van der Waals surface area (Å²) >= 11 is 12.0. The van der Waals surface area contributed by atoms with Crippen molar-refractivity contribution in [2.24, 2.45) is 0 Å². The van der Waals surface area contributed by atoms with E-state index in [-0.39, 0.29) is 0 Å². The maximum atomic E-state index is 6.21. The van der Waals surface area contributed by atoms with E-state index in [1.54, 1.807) is 0 Å². The summed E-state index contributed by atoms with van der Waals surface area (Å²) in [4.78, 5) is 4.92. The van der Waals surface area contributed by atoms with Crippen LogP contribution in [-0.2, 0) is 5.88 Å². The summed E-state index contributed by atoms with van der Waals surface area (Å²) in [5.41, 5.74) is 2.22. The average Bonchev–Trinajstić information content (AvgIpc) is 2.40. The number of rotatable bonds is 4. The molecule has 0 radical (unpaired) electrons. The van der Waals surface area contributed by atoms with Crippen LogP contribution in [-0.4, -0.2) is 37.6 Å². The highest BCUT2D eigenvalue weighted by Crippen LogP contribution is 2.25. The van der Waals surface area contributed by atoms with Crippen molar-refractivity contribution >= 4 is 28.9 Å². The van der Waals surface area contributed by atoms with E-state index in [9.17, 15) is 0 Å². The quantitative estimate of drug-likeness (QED) is 0.781. The minimum absolute atomic E-state index is 0.476. The van der Waals surface area contributed by atoms with Crippen LogP contribution in [0.3, 0.4) is 0 Å². The summed E-state index contributed by atoms with van der Waals surface area (Å²) in [6, 6.07) is 6.19. The zero-order valence-electron chi connectivity index (χ0n) is 10.8. The van der Waals surface area contributed by atoms with Crippen LogP contribution in [0.4, 0.5) is 5.69 Å². The van der Waals surface area contributed by atoms with Crippen LogP contribution in [0.2, 0.25) is 5.02 Å². The van der Waals surface area contributed by atoms with Crippen molar-refractivity contribution in [2.75, 3.05) is 37.6 Å². The monoisotopic (exact) mass is 286 g/mol. The molecule has 1 heterocycles. The molecule has 0 saturated carbocycles. The minimum atomic E-state index is 0.476. The summed E-state index contributed by atoms with van der Waals surface area (Å²) < 4.78 is 0. The summed E-state index contributed by atoms with van der Waals surface area (Å²) in [6.07, 6.45) is 1.23. The van der Waals surface area contributed by atoms with E-state index in [4.69, 9.17) is 23.2 Å². The zero-order valence-corrected chi connectivity index (χ0v) is 12.3. The van der Waals surface area contributed by atoms with Crippen molar-refractivity contribution in [3.8, 4) is 0 Å². The van der Waals surface area contributed by atoms with Gasteiger partial charge in [-0.1, -0.05) is 24.6 Å². The molecule has 0 aliphatic carbocycles. The molecule has 2 nitrogen and oxygen atoms in total. The maximum absolute atomic E-state index is 6.21. The molecule has 0 unspecified atom stereocenters. The number of nitrogens with zero attached hydrogens (tertiary/aromatic N) is 2. The third-order valence-electron chi connectivity index (χ3n) is 3.46. The van der Waals surface area contributed by atoms with E-state index < -0.39 is 0 Å². The molecule has 0 amide bonds. The lowest BCUT2D eigenvalue weighted by molar-refractivity contribution is 0.258. The van der Waals surface area contributed by atoms with E-state index in [0.717, 1.165) is 36.8 Å². The molecular weight excluding hydrogens is 267 g/mol. The number of anilines is 1. The molecule has 100 valence electrons. The highest BCUT2D eigenvalue weighted by molar-refractivity contribution is 6.32. The number of alkyl halides is 1. The highest BCUT2D eigenvalue weighted by atomic mass is 35.5. The number of hydrogen-bond acceptors (Lipinski definition) is 2. The fourth-order valence-electron chi connectivity index (χ4n) is 2.39. The Morgan fingerprint density at radius 3 is 2.44 bits per heavy atom. The molecule has 2 rings (SSSR count). The number of piperazine rings is 1. The second-order valence-electron chi connectivity index (χ2n) is 4.74. The molecule has 0 spiro atoms. The lowest BCUT2D eigenvalue weighted by Gasteiger charge is -2.36. The molecule has 0 bridgehead atoms. The van der Waals surface area contributed by atoms with Crippen molar-refractivity contribution in [3.63, 3.8) is 0 Å². The molecule has 0 atom stereocenters. The van der Waals surface area contributed by atoms with E-state index in [2.05, 4.69) is 22.8 Å². The molecule has 1 aromatic carbocycles. The first-order valence-corrected chi connectivity index (χ1v) is 7.47. The normalized spacial score (nSPS) is 17.2. The molecule has 1 fully saturated rings. The van der Waals surface area contributed by atoms with Crippen molar-refractivity contribution in [1.82, 2.24) is 4.90 Å². The summed E-state index contributed by atoms with van der Waals surface area (Å²) in [5.74, 6) is 0.476. The fourth-order valence-corrected chi connectivity index (χ4v) is 2.93. The Morgan fingerprint density at radius 2 is 1.89 bits per heavy atom. The third-order valence-corrected chi connectivity index (χ3v) is 4.10. The Kier molecular flexibility index (Phi) is 5.16. The first kappa shape index (κ1) is 14.0. The Bertz CT molecular complexity index is 387.